The van der Waals surface area contributed by atoms with Gasteiger partial charge in [0.05, 0.1) is 6.21 Å². The number of amidine groups is 1. The zero-order valence-electron chi connectivity index (χ0n) is 15.2. The molecule has 0 aliphatic carbocycles. The van der Waals surface area contributed by atoms with Crippen molar-refractivity contribution >= 4 is 23.1 Å². The summed E-state index contributed by atoms with van der Waals surface area (Å²) in [4.78, 5) is 0. The Balaban J connectivity index is 1.60. The van der Waals surface area contributed by atoms with Gasteiger partial charge in [-0.25, -0.2) is 4.39 Å². The topological polar surface area (TPSA) is 60.0 Å². The van der Waals surface area contributed by atoms with E-state index in [0.29, 0.717) is 16.5 Å². The molecular formula is C22H20FN3OS. The molecule has 3 aromatic carbocycles. The van der Waals surface area contributed by atoms with E-state index in [4.69, 9.17) is 10.5 Å². The van der Waals surface area contributed by atoms with Crippen LogP contribution in [0.1, 0.15) is 16.7 Å². The van der Waals surface area contributed by atoms with Gasteiger partial charge in [0.1, 0.15) is 18.2 Å². The number of para-hydroxylation sites is 1. The number of rotatable bonds is 7. The van der Waals surface area contributed by atoms with Crippen LogP contribution in [-0.4, -0.2) is 11.4 Å². The van der Waals surface area contributed by atoms with Crippen molar-refractivity contribution in [1.82, 2.24) is 0 Å². The highest BCUT2D eigenvalue weighted by Crippen LogP contribution is 2.19. The molecule has 0 saturated heterocycles. The third-order valence-corrected chi connectivity index (χ3v) is 4.70. The number of thioether (sulfide) groups is 1. The first-order valence-corrected chi connectivity index (χ1v) is 9.69. The third kappa shape index (κ3) is 5.96. The first-order chi connectivity index (χ1) is 13.7. The molecule has 0 spiro atoms. The Labute approximate surface area is 168 Å². The first kappa shape index (κ1) is 19.6. The van der Waals surface area contributed by atoms with E-state index in [1.54, 1.807) is 30.5 Å². The molecule has 142 valence electrons. The lowest BCUT2D eigenvalue weighted by atomic mass is 10.2. The summed E-state index contributed by atoms with van der Waals surface area (Å²) in [5, 5.41) is 8.45. The van der Waals surface area contributed by atoms with Crippen molar-refractivity contribution in [3.63, 3.8) is 0 Å². The predicted molar refractivity (Wildman–Crippen MR) is 114 cm³/mol. The van der Waals surface area contributed by atoms with Gasteiger partial charge < -0.3 is 10.5 Å². The number of halogens is 1. The molecule has 3 rings (SSSR count). The van der Waals surface area contributed by atoms with Crippen molar-refractivity contribution in [2.45, 2.75) is 12.4 Å². The Bertz CT molecular complexity index is 961. The van der Waals surface area contributed by atoms with E-state index in [0.717, 1.165) is 11.3 Å². The summed E-state index contributed by atoms with van der Waals surface area (Å²) in [7, 11) is 0. The molecular weight excluding hydrogens is 373 g/mol. The minimum atomic E-state index is -0.290. The van der Waals surface area contributed by atoms with Crippen LogP contribution >= 0.6 is 11.8 Å². The number of ether oxygens (including phenoxy) is 1. The Morgan fingerprint density at radius 3 is 2.50 bits per heavy atom. The molecule has 0 bridgehead atoms. The van der Waals surface area contributed by atoms with Crippen LogP contribution in [0.15, 0.2) is 89.1 Å². The molecule has 0 aliphatic rings. The molecule has 0 atom stereocenters. The molecule has 0 heterocycles. The molecule has 28 heavy (non-hydrogen) atoms. The van der Waals surface area contributed by atoms with Gasteiger partial charge in [0.15, 0.2) is 5.17 Å². The van der Waals surface area contributed by atoms with Gasteiger partial charge in [0, 0.05) is 16.9 Å². The van der Waals surface area contributed by atoms with Gasteiger partial charge in [-0.1, -0.05) is 72.4 Å². The largest absolute Gasteiger partial charge is 0.488 e. The van der Waals surface area contributed by atoms with Crippen molar-refractivity contribution in [2.24, 2.45) is 15.9 Å². The number of hydrogen-bond donors (Lipinski definition) is 1. The van der Waals surface area contributed by atoms with Crippen molar-refractivity contribution < 1.29 is 9.13 Å². The van der Waals surface area contributed by atoms with E-state index in [9.17, 15) is 4.39 Å². The van der Waals surface area contributed by atoms with E-state index in [1.165, 1.54) is 23.4 Å². The molecule has 3 aromatic rings. The summed E-state index contributed by atoms with van der Waals surface area (Å²) >= 11 is 1.42. The van der Waals surface area contributed by atoms with Crippen LogP contribution in [0.25, 0.3) is 0 Å². The normalized spacial score (nSPS) is 11.7. The molecule has 4 nitrogen and oxygen atoms in total. The summed E-state index contributed by atoms with van der Waals surface area (Å²) in [6, 6.07) is 23.9. The highest BCUT2D eigenvalue weighted by molar-refractivity contribution is 8.13. The predicted octanol–water partition coefficient (Wildman–Crippen LogP) is 4.99. The average molecular weight is 393 g/mol. The zero-order valence-corrected chi connectivity index (χ0v) is 16.0. The fraction of sp³-hybridized carbons (Fsp3) is 0.0909. The molecule has 0 aromatic heterocycles. The quantitative estimate of drug-likeness (QED) is 0.350. The van der Waals surface area contributed by atoms with Gasteiger partial charge in [-0.05, 0) is 23.8 Å². The number of nitrogens with zero attached hydrogens (tertiary/aromatic N) is 2. The lowest BCUT2D eigenvalue weighted by molar-refractivity contribution is 0.299. The maximum atomic E-state index is 13.7. The van der Waals surface area contributed by atoms with E-state index in [1.807, 2.05) is 48.5 Å². The summed E-state index contributed by atoms with van der Waals surface area (Å²) < 4.78 is 19.5. The molecule has 0 saturated carbocycles. The summed E-state index contributed by atoms with van der Waals surface area (Å²) in [6.45, 7) is 0.135. The Morgan fingerprint density at radius 2 is 1.68 bits per heavy atom. The van der Waals surface area contributed by atoms with Crippen LogP contribution < -0.4 is 10.5 Å². The highest BCUT2D eigenvalue weighted by Gasteiger charge is 2.04. The second-order valence-electron chi connectivity index (χ2n) is 5.87. The molecule has 0 amide bonds. The van der Waals surface area contributed by atoms with Gasteiger partial charge in [-0.15, -0.1) is 5.10 Å². The number of nitrogens with two attached hydrogens (primary N) is 1. The van der Waals surface area contributed by atoms with Gasteiger partial charge in [-0.2, -0.15) is 5.10 Å². The van der Waals surface area contributed by atoms with Gasteiger partial charge >= 0.3 is 0 Å². The van der Waals surface area contributed by atoms with Gasteiger partial charge in [0.25, 0.3) is 0 Å². The van der Waals surface area contributed by atoms with Crippen molar-refractivity contribution in [2.75, 3.05) is 0 Å². The zero-order chi connectivity index (χ0) is 19.6. The Hall–Kier alpha value is -3.12. The molecule has 0 radical (unpaired) electrons. The monoisotopic (exact) mass is 393 g/mol. The smallest absolute Gasteiger partial charge is 0.180 e. The van der Waals surface area contributed by atoms with Gasteiger partial charge in [-0.3, -0.25) is 0 Å². The lowest BCUT2D eigenvalue weighted by Gasteiger charge is -2.09. The Kier molecular flexibility index (Phi) is 7.21. The number of hydrogen-bond acceptors (Lipinski definition) is 4. The van der Waals surface area contributed by atoms with E-state index < -0.39 is 0 Å². The van der Waals surface area contributed by atoms with E-state index in [-0.39, 0.29) is 12.4 Å². The SMILES string of the molecule is NC(=NN=Cc1ccccc1OCc1ccccc1F)SCc1ccccc1. The second kappa shape index (κ2) is 10.3. The standard InChI is InChI=1S/C22H20FN3OS/c23-20-12-6-4-11-19(20)15-27-21-13-7-5-10-18(21)14-25-26-22(24)28-16-17-8-2-1-3-9-17/h1-14H,15-16H2,(H2,24,26). The van der Waals surface area contributed by atoms with Gasteiger partial charge in [0.2, 0.25) is 0 Å². The van der Waals surface area contributed by atoms with Crippen LogP contribution in [-0.2, 0) is 12.4 Å². The van der Waals surface area contributed by atoms with Crippen LogP contribution in [0.4, 0.5) is 4.39 Å². The van der Waals surface area contributed by atoms with Crippen molar-refractivity contribution in [3.05, 3.63) is 101 Å². The number of benzene rings is 3. The Morgan fingerprint density at radius 1 is 0.964 bits per heavy atom. The van der Waals surface area contributed by atoms with Crippen molar-refractivity contribution in [1.29, 1.82) is 0 Å². The highest BCUT2D eigenvalue weighted by atomic mass is 32.2. The average Bonchev–Trinajstić information content (AvgIpc) is 2.73. The van der Waals surface area contributed by atoms with E-state index >= 15 is 0 Å². The molecule has 0 unspecified atom stereocenters. The third-order valence-electron chi connectivity index (χ3n) is 3.84. The maximum Gasteiger partial charge on any atom is 0.180 e. The maximum absolute atomic E-state index is 13.7. The lowest BCUT2D eigenvalue weighted by Crippen LogP contribution is -2.06. The second-order valence-corrected chi connectivity index (χ2v) is 6.87. The summed E-state index contributed by atoms with van der Waals surface area (Å²) in [5.74, 6) is 1.04. The van der Waals surface area contributed by atoms with Crippen molar-refractivity contribution in [3.8, 4) is 5.75 Å². The fourth-order valence-corrected chi connectivity index (χ4v) is 3.01. The van der Waals surface area contributed by atoms with Crippen LogP contribution in [0.3, 0.4) is 0 Å². The summed E-state index contributed by atoms with van der Waals surface area (Å²) in [5.41, 5.74) is 8.30. The molecule has 2 N–H and O–H groups in total. The fourth-order valence-electron chi connectivity index (χ4n) is 2.40. The minimum absolute atomic E-state index is 0.135. The molecule has 0 aliphatic heterocycles. The molecule has 0 fully saturated rings. The minimum Gasteiger partial charge on any atom is -0.488 e. The first-order valence-electron chi connectivity index (χ1n) is 8.71. The molecule has 6 heteroatoms. The van der Waals surface area contributed by atoms with Crippen LogP contribution in [0.5, 0.6) is 5.75 Å². The van der Waals surface area contributed by atoms with Crippen LogP contribution in [0, 0.1) is 5.82 Å². The van der Waals surface area contributed by atoms with Crippen LogP contribution in [0.2, 0.25) is 0 Å². The van der Waals surface area contributed by atoms with E-state index in [2.05, 4.69) is 10.2 Å². The summed E-state index contributed by atoms with van der Waals surface area (Å²) in [6.07, 6.45) is 1.58.